The Bertz CT molecular complexity index is 744. The van der Waals surface area contributed by atoms with Gasteiger partial charge in [0.05, 0.1) is 11.6 Å². The molecule has 2 atom stereocenters. The van der Waals surface area contributed by atoms with Gasteiger partial charge < -0.3 is 10.2 Å². The van der Waals surface area contributed by atoms with Crippen molar-refractivity contribution in [2.24, 2.45) is 5.92 Å². The highest BCUT2D eigenvalue weighted by Gasteiger charge is 2.18. The van der Waals surface area contributed by atoms with Gasteiger partial charge >= 0.3 is 0 Å². The fraction of sp³-hybridized carbons (Fsp3) is 0.409. The van der Waals surface area contributed by atoms with Crippen molar-refractivity contribution in [1.29, 1.82) is 0 Å². The second kappa shape index (κ2) is 8.63. The summed E-state index contributed by atoms with van der Waals surface area (Å²) >= 11 is 1.60. The van der Waals surface area contributed by atoms with Crippen LogP contribution < -0.4 is 10.2 Å². The number of thioether (sulfide) groups is 1. The molecule has 1 fully saturated rings. The third-order valence-corrected chi connectivity index (χ3v) is 5.91. The van der Waals surface area contributed by atoms with Gasteiger partial charge in [0.25, 0.3) is 5.91 Å². The lowest BCUT2D eigenvalue weighted by molar-refractivity contribution is 0.0937. The van der Waals surface area contributed by atoms with E-state index in [0.717, 1.165) is 35.0 Å². The molecule has 1 amide bonds. The summed E-state index contributed by atoms with van der Waals surface area (Å²) < 4.78 is 0. The predicted molar refractivity (Wildman–Crippen MR) is 111 cm³/mol. The Labute approximate surface area is 161 Å². The summed E-state index contributed by atoms with van der Waals surface area (Å²) in [5.41, 5.74) is 3.16. The minimum absolute atomic E-state index is 0.0172. The van der Waals surface area contributed by atoms with E-state index in [4.69, 9.17) is 0 Å². The van der Waals surface area contributed by atoms with E-state index in [1.807, 2.05) is 37.4 Å². The molecule has 0 saturated carbocycles. The Morgan fingerprint density at radius 2 is 1.92 bits per heavy atom. The van der Waals surface area contributed by atoms with Crippen LogP contribution in [0.5, 0.6) is 0 Å². The quantitative estimate of drug-likeness (QED) is 0.742. The summed E-state index contributed by atoms with van der Waals surface area (Å²) in [6, 6.07) is 16.4. The van der Waals surface area contributed by atoms with Crippen molar-refractivity contribution in [3.63, 3.8) is 0 Å². The van der Waals surface area contributed by atoms with Crippen molar-refractivity contribution in [2.75, 3.05) is 24.2 Å². The standard InChI is InChI=1S/C22H28N2OS/c1-16-7-6-14-24(15-16)19-12-10-18(11-13-19)17(2)23-22(25)20-8-4-5-9-21(20)26-3/h4-5,8-13,16-17H,6-7,14-15H2,1-3H3,(H,23,25). The lowest BCUT2D eigenvalue weighted by Gasteiger charge is -2.33. The van der Waals surface area contributed by atoms with Gasteiger partial charge in [-0.05, 0) is 61.8 Å². The molecule has 138 valence electrons. The van der Waals surface area contributed by atoms with E-state index in [1.165, 1.54) is 18.5 Å². The molecule has 1 aliphatic rings. The summed E-state index contributed by atoms with van der Waals surface area (Å²) in [6.07, 6.45) is 4.59. The van der Waals surface area contributed by atoms with E-state index in [9.17, 15) is 4.79 Å². The summed E-state index contributed by atoms with van der Waals surface area (Å²) in [7, 11) is 0. The molecule has 0 bridgehead atoms. The summed E-state index contributed by atoms with van der Waals surface area (Å²) in [5.74, 6) is 0.745. The van der Waals surface area contributed by atoms with Gasteiger partial charge in [0.15, 0.2) is 0 Å². The average molecular weight is 369 g/mol. The van der Waals surface area contributed by atoms with Crippen LogP contribution in [0.25, 0.3) is 0 Å². The van der Waals surface area contributed by atoms with Crippen LogP contribution in [-0.2, 0) is 0 Å². The molecule has 0 radical (unpaired) electrons. The second-order valence-corrected chi connectivity index (χ2v) is 8.03. The summed E-state index contributed by atoms with van der Waals surface area (Å²) in [5, 5.41) is 3.13. The van der Waals surface area contributed by atoms with Crippen LogP contribution in [-0.4, -0.2) is 25.3 Å². The third-order valence-electron chi connectivity index (χ3n) is 5.11. The van der Waals surface area contributed by atoms with Crippen LogP contribution in [0.15, 0.2) is 53.4 Å². The molecule has 0 aromatic heterocycles. The van der Waals surface area contributed by atoms with Gasteiger partial charge in [0.1, 0.15) is 0 Å². The van der Waals surface area contributed by atoms with E-state index < -0.39 is 0 Å². The van der Waals surface area contributed by atoms with Gasteiger partial charge in [-0.2, -0.15) is 0 Å². The highest BCUT2D eigenvalue weighted by molar-refractivity contribution is 7.98. The van der Waals surface area contributed by atoms with Crippen LogP contribution >= 0.6 is 11.8 Å². The number of rotatable bonds is 5. The van der Waals surface area contributed by atoms with Crippen LogP contribution in [0.3, 0.4) is 0 Å². The van der Waals surface area contributed by atoms with Crippen LogP contribution in [0.2, 0.25) is 0 Å². The highest BCUT2D eigenvalue weighted by atomic mass is 32.2. The zero-order valence-corrected chi connectivity index (χ0v) is 16.7. The monoisotopic (exact) mass is 368 g/mol. The minimum Gasteiger partial charge on any atom is -0.371 e. The van der Waals surface area contributed by atoms with Gasteiger partial charge in [-0.3, -0.25) is 4.79 Å². The second-order valence-electron chi connectivity index (χ2n) is 7.18. The van der Waals surface area contributed by atoms with Crippen molar-refractivity contribution in [3.8, 4) is 0 Å². The van der Waals surface area contributed by atoms with Gasteiger partial charge in [-0.1, -0.05) is 31.2 Å². The molecule has 4 heteroatoms. The van der Waals surface area contributed by atoms with Crippen molar-refractivity contribution in [2.45, 2.75) is 37.6 Å². The lowest BCUT2D eigenvalue weighted by Crippen LogP contribution is -2.34. The Morgan fingerprint density at radius 1 is 1.19 bits per heavy atom. The number of amides is 1. The van der Waals surface area contributed by atoms with Crippen molar-refractivity contribution in [3.05, 3.63) is 59.7 Å². The SMILES string of the molecule is CSc1ccccc1C(=O)NC(C)c1ccc(N2CCCC(C)C2)cc1. The van der Waals surface area contributed by atoms with Gasteiger partial charge in [0, 0.05) is 23.7 Å². The number of piperidine rings is 1. The van der Waals surface area contributed by atoms with E-state index in [1.54, 1.807) is 11.8 Å². The molecule has 2 aromatic rings. The smallest absolute Gasteiger partial charge is 0.252 e. The molecular weight excluding hydrogens is 340 g/mol. The van der Waals surface area contributed by atoms with E-state index in [0.29, 0.717) is 0 Å². The maximum absolute atomic E-state index is 12.6. The first kappa shape index (κ1) is 18.8. The summed E-state index contributed by atoms with van der Waals surface area (Å²) in [6.45, 7) is 6.64. The Hall–Kier alpha value is -1.94. The van der Waals surface area contributed by atoms with E-state index >= 15 is 0 Å². The van der Waals surface area contributed by atoms with Crippen LogP contribution in [0.1, 0.15) is 48.7 Å². The number of nitrogens with zero attached hydrogens (tertiary/aromatic N) is 1. The molecule has 2 aromatic carbocycles. The zero-order valence-electron chi connectivity index (χ0n) is 15.9. The Morgan fingerprint density at radius 3 is 2.62 bits per heavy atom. The lowest BCUT2D eigenvalue weighted by atomic mass is 9.99. The molecule has 2 unspecified atom stereocenters. The van der Waals surface area contributed by atoms with Crippen molar-refractivity contribution in [1.82, 2.24) is 5.32 Å². The number of hydrogen-bond acceptors (Lipinski definition) is 3. The Balaban J connectivity index is 1.66. The zero-order chi connectivity index (χ0) is 18.5. The average Bonchev–Trinajstić information content (AvgIpc) is 2.68. The minimum atomic E-state index is -0.0215. The molecular formula is C22H28N2OS. The largest absolute Gasteiger partial charge is 0.371 e. The maximum atomic E-state index is 12.6. The number of carbonyl (C=O) groups is 1. The van der Waals surface area contributed by atoms with Gasteiger partial charge in [0.2, 0.25) is 0 Å². The first-order valence-corrected chi connectivity index (χ1v) is 10.6. The first-order chi connectivity index (χ1) is 12.6. The number of carbonyl (C=O) groups excluding carboxylic acids is 1. The van der Waals surface area contributed by atoms with Crippen molar-refractivity contribution >= 4 is 23.4 Å². The predicted octanol–water partition coefficient (Wildman–Crippen LogP) is 5.14. The Kier molecular flexibility index (Phi) is 6.25. The van der Waals surface area contributed by atoms with E-state index in [2.05, 4.69) is 41.4 Å². The normalized spacial score (nSPS) is 18.4. The highest BCUT2D eigenvalue weighted by Crippen LogP contribution is 2.25. The molecule has 1 N–H and O–H groups in total. The van der Waals surface area contributed by atoms with Crippen LogP contribution in [0, 0.1) is 5.92 Å². The van der Waals surface area contributed by atoms with E-state index in [-0.39, 0.29) is 11.9 Å². The molecule has 0 aliphatic carbocycles. The first-order valence-electron chi connectivity index (χ1n) is 9.37. The molecule has 3 rings (SSSR count). The molecule has 1 aliphatic heterocycles. The number of hydrogen-bond donors (Lipinski definition) is 1. The fourth-order valence-electron chi connectivity index (χ4n) is 3.59. The number of anilines is 1. The fourth-order valence-corrected chi connectivity index (χ4v) is 4.18. The molecule has 0 spiro atoms. The maximum Gasteiger partial charge on any atom is 0.252 e. The topological polar surface area (TPSA) is 32.3 Å². The third kappa shape index (κ3) is 4.42. The molecule has 3 nitrogen and oxygen atoms in total. The summed E-state index contributed by atoms with van der Waals surface area (Å²) in [4.78, 5) is 16.1. The number of benzene rings is 2. The van der Waals surface area contributed by atoms with Crippen molar-refractivity contribution < 1.29 is 4.79 Å². The molecule has 1 heterocycles. The number of nitrogens with one attached hydrogen (secondary N) is 1. The van der Waals surface area contributed by atoms with Gasteiger partial charge in [-0.25, -0.2) is 0 Å². The molecule has 1 saturated heterocycles. The van der Waals surface area contributed by atoms with Gasteiger partial charge in [-0.15, -0.1) is 11.8 Å². The molecule has 26 heavy (non-hydrogen) atoms. The van der Waals surface area contributed by atoms with Crippen LogP contribution in [0.4, 0.5) is 5.69 Å².